The van der Waals surface area contributed by atoms with Gasteiger partial charge >= 0.3 is 0 Å². The minimum atomic E-state index is -0.358. The smallest absolute Gasteiger partial charge is 0.237 e. The summed E-state index contributed by atoms with van der Waals surface area (Å²) in [7, 11) is 0. The van der Waals surface area contributed by atoms with Crippen LogP contribution < -0.4 is 11.1 Å². The lowest BCUT2D eigenvalue weighted by molar-refractivity contribution is -0.125. The molecule has 4 nitrogen and oxygen atoms in total. The van der Waals surface area contributed by atoms with E-state index in [1.54, 1.807) is 0 Å². The van der Waals surface area contributed by atoms with E-state index in [4.69, 9.17) is 10.5 Å². The number of carbonyl (C=O) groups excluding carboxylic acids is 1. The summed E-state index contributed by atoms with van der Waals surface area (Å²) >= 11 is 0. The molecule has 112 valence electrons. The van der Waals surface area contributed by atoms with Crippen molar-refractivity contribution in [3.05, 3.63) is 0 Å². The zero-order chi connectivity index (χ0) is 13.0. The molecule has 3 unspecified atom stereocenters. The summed E-state index contributed by atoms with van der Waals surface area (Å²) in [6, 6.07) is -0.0276. The van der Waals surface area contributed by atoms with E-state index < -0.39 is 0 Å². The van der Waals surface area contributed by atoms with E-state index in [0.717, 1.165) is 32.5 Å². The van der Waals surface area contributed by atoms with Crippen molar-refractivity contribution in [3.63, 3.8) is 0 Å². The largest absolute Gasteiger partial charge is 0.381 e. The Labute approximate surface area is 122 Å². The third kappa shape index (κ3) is 4.62. The van der Waals surface area contributed by atoms with Gasteiger partial charge in [-0.2, -0.15) is 0 Å². The highest BCUT2D eigenvalue weighted by Gasteiger charge is 2.29. The molecule has 0 spiro atoms. The van der Waals surface area contributed by atoms with Gasteiger partial charge in [-0.15, -0.1) is 12.4 Å². The highest BCUT2D eigenvalue weighted by atomic mass is 35.5. The Morgan fingerprint density at radius 2 is 1.84 bits per heavy atom. The molecular formula is C14H27ClN2O2. The number of nitrogens with one attached hydrogen (secondary N) is 1. The quantitative estimate of drug-likeness (QED) is 0.834. The van der Waals surface area contributed by atoms with Gasteiger partial charge in [0.2, 0.25) is 5.91 Å². The molecule has 1 amide bonds. The van der Waals surface area contributed by atoms with E-state index in [2.05, 4.69) is 12.2 Å². The Bertz CT molecular complexity index is 283. The van der Waals surface area contributed by atoms with E-state index in [1.165, 1.54) is 19.3 Å². The molecule has 3 atom stereocenters. The molecule has 1 saturated heterocycles. The SMILES string of the molecule is CC1CCCCC1NC(=O)C(N)C1CCOCC1.Cl. The molecule has 5 heteroatoms. The van der Waals surface area contributed by atoms with Crippen LogP contribution >= 0.6 is 12.4 Å². The zero-order valence-corrected chi connectivity index (χ0v) is 12.6. The van der Waals surface area contributed by atoms with Crippen LogP contribution in [0.1, 0.15) is 45.4 Å². The van der Waals surface area contributed by atoms with Gasteiger partial charge in [0, 0.05) is 19.3 Å². The fourth-order valence-electron chi connectivity index (χ4n) is 3.10. The first-order valence-electron chi connectivity index (χ1n) is 7.32. The number of carbonyl (C=O) groups is 1. The van der Waals surface area contributed by atoms with Gasteiger partial charge in [-0.25, -0.2) is 0 Å². The van der Waals surface area contributed by atoms with Gasteiger partial charge < -0.3 is 15.8 Å². The molecule has 1 saturated carbocycles. The van der Waals surface area contributed by atoms with E-state index in [-0.39, 0.29) is 30.3 Å². The molecule has 1 aliphatic heterocycles. The summed E-state index contributed by atoms with van der Waals surface area (Å²) < 4.78 is 5.31. The second-order valence-corrected chi connectivity index (χ2v) is 5.85. The predicted molar refractivity (Wildman–Crippen MR) is 78.3 cm³/mol. The third-order valence-electron chi connectivity index (χ3n) is 4.52. The minimum Gasteiger partial charge on any atom is -0.381 e. The molecule has 2 fully saturated rings. The Morgan fingerprint density at radius 1 is 1.21 bits per heavy atom. The normalized spacial score (nSPS) is 30.2. The Hall–Kier alpha value is -0.320. The first-order chi connectivity index (χ1) is 8.68. The van der Waals surface area contributed by atoms with Crippen molar-refractivity contribution >= 4 is 18.3 Å². The van der Waals surface area contributed by atoms with Crippen LogP contribution in [0.2, 0.25) is 0 Å². The fourth-order valence-corrected chi connectivity index (χ4v) is 3.10. The third-order valence-corrected chi connectivity index (χ3v) is 4.52. The van der Waals surface area contributed by atoms with Crippen LogP contribution in [0, 0.1) is 11.8 Å². The van der Waals surface area contributed by atoms with Gasteiger partial charge in [0.25, 0.3) is 0 Å². The van der Waals surface area contributed by atoms with Crippen molar-refractivity contribution in [2.24, 2.45) is 17.6 Å². The van der Waals surface area contributed by atoms with Crippen LogP contribution in [-0.4, -0.2) is 31.2 Å². The number of ether oxygens (including phenoxy) is 1. The van der Waals surface area contributed by atoms with E-state index in [0.29, 0.717) is 12.0 Å². The lowest BCUT2D eigenvalue weighted by atomic mass is 9.85. The number of nitrogens with two attached hydrogens (primary N) is 1. The van der Waals surface area contributed by atoms with Crippen molar-refractivity contribution in [2.45, 2.75) is 57.5 Å². The first-order valence-corrected chi connectivity index (χ1v) is 7.32. The maximum Gasteiger partial charge on any atom is 0.237 e. The number of hydrogen-bond acceptors (Lipinski definition) is 3. The molecule has 2 aliphatic rings. The summed E-state index contributed by atoms with van der Waals surface area (Å²) in [6.07, 6.45) is 6.66. The van der Waals surface area contributed by atoms with Crippen molar-refractivity contribution < 1.29 is 9.53 Å². The maximum atomic E-state index is 12.2. The molecule has 0 aromatic rings. The average Bonchev–Trinajstić information content (AvgIpc) is 2.41. The fraction of sp³-hybridized carbons (Fsp3) is 0.929. The Kier molecular flexibility index (Phi) is 7.11. The van der Waals surface area contributed by atoms with Gasteiger partial charge in [-0.1, -0.05) is 19.8 Å². The van der Waals surface area contributed by atoms with Gasteiger partial charge in [-0.05, 0) is 37.5 Å². The molecule has 2 rings (SSSR count). The van der Waals surface area contributed by atoms with Crippen molar-refractivity contribution in [1.29, 1.82) is 0 Å². The van der Waals surface area contributed by atoms with E-state index >= 15 is 0 Å². The lowest BCUT2D eigenvalue weighted by Gasteiger charge is -2.32. The number of rotatable bonds is 3. The monoisotopic (exact) mass is 290 g/mol. The highest BCUT2D eigenvalue weighted by Crippen LogP contribution is 2.24. The van der Waals surface area contributed by atoms with Crippen LogP contribution in [0.3, 0.4) is 0 Å². The summed E-state index contributed by atoms with van der Waals surface area (Å²) in [5.74, 6) is 0.919. The maximum absolute atomic E-state index is 12.2. The second kappa shape index (κ2) is 8.08. The summed E-state index contributed by atoms with van der Waals surface area (Å²) in [5, 5.41) is 3.16. The molecule has 0 radical (unpaired) electrons. The minimum absolute atomic E-state index is 0. The van der Waals surface area contributed by atoms with Crippen LogP contribution in [0.4, 0.5) is 0 Å². The molecular weight excluding hydrogens is 264 g/mol. The summed E-state index contributed by atoms with van der Waals surface area (Å²) in [5.41, 5.74) is 6.09. The van der Waals surface area contributed by atoms with Gasteiger partial charge in [0.05, 0.1) is 6.04 Å². The second-order valence-electron chi connectivity index (χ2n) is 5.85. The molecule has 0 aromatic carbocycles. The van der Waals surface area contributed by atoms with Gasteiger partial charge in [0.1, 0.15) is 0 Å². The van der Waals surface area contributed by atoms with Crippen LogP contribution in [0.5, 0.6) is 0 Å². The summed E-state index contributed by atoms with van der Waals surface area (Å²) in [6.45, 7) is 3.71. The van der Waals surface area contributed by atoms with Crippen LogP contribution in [-0.2, 0) is 9.53 Å². The topological polar surface area (TPSA) is 64.4 Å². The standard InChI is InChI=1S/C14H26N2O2.ClH/c1-10-4-2-3-5-12(10)16-14(17)13(15)11-6-8-18-9-7-11;/h10-13H,2-9,15H2,1H3,(H,16,17);1H. The van der Waals surface area contributed by atoms with Crippen molar-refractivity contribution in [2.75, 3.05) is 13.2 Å². The zero-order valence-electron chi connectivity index (χ0n) is 11.8. The molecule has 3 N–H and O–H groups in total. The van der Waals surface area contributed by atoms with E-state index in [9.17, 15) is 4.79 Å². The number of amides is 1. The van der Waals surface area contributed by atoms with Crippen molar-refractivity contribution in [3.8, 4) is 0 Å². The van der Waals surface area contributed by atoms with E-state index in [1.807, 2.05) is 0 Å². The molecule has 0 aromatic heterocycles. The summed E-state index contributed by atoms with van der Waals surface area (Å²) in [4.78, 5) is 12.2. The van der Waals surface area contributed by atoms with Crippen LogP contribution in [0.25, 0.3) is 0 Å². The Balaban J connectivity index is 0.00000180. The number of hydrogen-bond donors (Lipinski definition) is 2. The van der Waals surface area contributed by atoms with Crippen LogP contribution in [0.15, 0.2) is 0 Å². The average molecular weight is 291 g/mol. The highest BCUT2D eigenvalue weighted by molar-refractivity contribution is 5.85. The first kappa shape index (κ1) is 16.7. The molecule has 1 aliphatic carbocycles. The lowest BCUT2D eigenvalue weighted by Crippen LogP contribution is -2.52. The Morgan fingerprint density at radius 3 is 2.47 bits per heavy atom. The molecule has 1 heterocycles. The van der Waals surface area contributed by atoms with Gasteiger partial charge in [-0.3, -0.25) is 4.79 Å². The number of halogens is 1. The molecule has 0 bridgehead atoms. The van der Waals surface area contributed by atoms with Crippen molar-refractivity contribution in [1.82, 2.24) is 5.32 Å². The predicted octanol–water partition coefficient (Wildman–Crippen LogP) is 1.86. The van der Waals surface area contributed by atoms with Gasteiger partial charge in [0.15, 0.2) is 0 Å². The molecule has 19 heavy (non-hydrogen) atoms.